The van der Waals surface area contributed by atoms with Crippen molar-refractivity contribution in [1.29, 1.82) is 0 Å². The van der Waals surface area contributed by atoms with E-state index in [9.17, 15) is 14.9 Å². The van der Waals surface area contributed by atoms with E-state index in [4.69, 9.17) is 9.47 Å². The highest BCUT2D eigenvalue weighted by molar-refractivity contribution is 5.71. The van der Waals surface area contributed by atoms with Crippen LogP contribution in [0.1, 0.15) is 19.4 Å². The average molecular weight is 296 g/mol. The molecule has 0 atom stereocenters. The number of esters is 1. The number of likely N-dealkylation sites (N-methyl/N-ethyl adjacent to an activating group) is 1. The Morgan fingerprint density at radius 3 is 2.62 bits per heavy atom. The lowest BCUT2D eigenvalue weighted by molar-refractivity contribution is -0.384. The van der Waals surface area contributed by atoms with Crippen LogP contribution in [0.2, 0.25) is 0 Å². The first-order valence-corrected chi connectivity index (χ1v) is 6.71. The molecular weight excluding hydrogens is 276 g/mol. The smallest absolute Gasteiger partial charge is 0.320 e. The van der Waals surface area contributed by atoms with Crippen molar-refractivity contribution >= 4 is 11.7 Å². The third-order valence-electron chi connectivity index (χ3n) is 2.97. The lowest BCUT2D eigenvalue weighted by atomic mass is 10.1. The fourth-order valence-electron chi connectivity index (χ4n) is 1.91. The van der Waals surface area contributed by atoms with Gasteiger partial charge in [0.2, 0.25) is 0 Å². The Bertz CT molecular complexity index is 504. The lowest BCUT2D eigenvalue weighted by Gasteiger charge is -2.20. The number of benzene rings is 1. The maximum Gasteiger partial charge on any atom is 0.320 e. The van der Waals surface area contributed by atoms with Gasteiger partial charge in [-0.25, -0.2) is 0 Å². The number of rotatable bonds is 8. The third kappa shape index (κ3) is 5.03. The Morgan fingerprint density at radius 2 is 2.10 bits per heavy atom. The molecule has 0 spiro atoms. The predicted molar refractivity (Wildman–Crippen MR) is 77.2 cm³/mol. The number of nitrogens with zero attached hydrogens (tertiary/aromatic N) is 2. The summed E-state index contributed by atoms with van der Waals surface area (Å²) in [5, 5.41) is 10.8. The summed E-state index contributed by atoms with van der Waals surface area (Å²) in [4.78, 5) is 23.8. The molecule has 7 nitrogen and oxygen atoms in total. The highest BCUT2D eigenvalue weighted by Gasteiger charge is 2.16. The SMILES string of the molecule is CCOC(=O)CN(CC)Cc1cc([N+](=O)[O-])ccc1OC. The molecule has 0 heterocycles. The summed E-state index contributed by atoms with van der Waals surface area (Å²) in [5.74, 6) is 0.242. The van der Waals surface area contributed by atoms with Crippen LogP contribution in [0.5, 0.6) is 5.75 Å². The van der Waals surface area contributed by atoms with Gasteiger partial charge in [0.05, 0.1) is 25.2 Å². The molecule has 0 aliphatic rings. The topological polar surface area (TPSA) is 81.9 Å². The number of non-ortho nitro benzene ring substituents is 1. The Balaban J connectivity index is 2.89. The van der Waals surface area contributed by atoms with Gasteiger partial charge in [-0.2, -0.15) is 0 Å². The Kier molecular flexibility index (Phi) is 6.61. The summed E-state index contributed by atoms with van der Waals surface area (Å²) >= 11 is 0. The number of carbonyl (C=O) groups is 1. The number of hydrogen-bond donors (Lipinski definition) is 0. The molecule has 1 aromatic carbocycles. The van der Waals surface area contributed by atoms with Gasteiger partial charge in [-0.1, -0.05) is 6.92 Å². The van der Waals surface area contributed by atoms with Crippen LogP contribution in [-0.2, 0) is 16.1 Å². The summed E-state index contributed by atoms with van der Waals surface area (Å²) in [5.41, 5.74) is 0.663. The minimum Gasteiger partial charge on any atom is -0.496 e. The number of ether oxygens (including phenoxy) is 2. The molecule has 1 rings (SSSR count). The highest BCUT2D eigenvalue weighted by Crippen LogP contribution is 2.25. The molecule has 0 aliphatic heterocycles. The van der Waals surface area contributed by atoms with E-state index in [0.717, 1.165) is 0 Å². The minimum atomic E-state index is -0.454. The van der Waals surface area contributed by atoms with Crippen molar-refractivity contribution in [3.05, 3.63) is 33.9 Å². The van der Waals surface area contributed by atoms with E-state index in [-0.39, 0.29) is 18.2 Å². The summed E-state index contributed by atoms with van der Waals surface area (Å²) in [7, 11) is 1.51. The number of methoxy groups -OCH3 is 1. The van der Waals surface area contributed by atoms with Gasteiger partial charge in [-0.15, -0.1) is 0 Å². The minimum absolute atomic E-state index is 0.00186. The van der Waals surface area contributed by atoms with Crippen LogP contribution in [0.3, 0.4) is 0 Å². The molecule has 0 fully saturated rings. The second kappa shape index (κ2) is 8.21. The van der Waals surface area contributed by atoms with Gasteiger partial charge in [0, 0.05) is 24.2 Å². The normalized spacial score (nSPS) is 10.5. The fraction of sp³-hybridized carbons (Fsp3) is 0.500. The van der Waals surface area contributed by atoms with Crippen LogP contribution < -0.4 is 4.74 Å². The molecule has 7 heteroatoms. The maximum atomic E-state index is 11.5. The van der Waals surface area contributed by atoms with Gasteiger partial charge in [-0.3, -0.25) is 19.8 Å². The lowest BCUT2D eigenvalue weighted by Crippen LogP contribution is -2.30. The first-order valence-electron chi connectivity index (χ1n) is 6.71. The molecule has 116 valence electrons. The molecular formula is C14H20N2O5. The van der Waals surface area contributed by atoms with Gasteiger partial charge in [0.1, 0.15) is 5.75 Å². The summed E-state index contributed by atoms with van der Waals surface area (Å²) in [6.07, 6.45) is 0. The zero-order valence-corrected chi connectivity index (χ0v) is 12.5. The van der Waals surface area contributed by atoms with E-state index in [1.54, 1.807) is 13.0 Å². The van der Waals surface area contributed by atoms with Crippen LogP contribution in [0, 0.1) is 10.1 Å². The predicted octanol–water partition coefficient (Wildman–Crippen LogP) is 1.99. The van der Waals surface area contributed by atoms with Gasteiger partial charge in [0.15, 0.2) is 0 Å². The van der Waals surface area contributed by atoms with Gasteiger partial charge in [0.25, 0.3) is 5.69 Å². The van der Waals surface area contributed by atoms with Crippen LogP contribution in [0.25, 0.3) is 0 Å². The average Bonchev–Trinajstić information content (AvgIpc) is 2.46. The summed E-state index contributed by atoms with van der Waals surface area (Å²) < 4.78 is 10.1. The van der Waals surface area contributed by atoms with E-state index in [1.807, 2.05) is 11.8 Å². The molecule has 0 unspecified atom stereocenters. The first kappa shape index (κ1) is 16.9. The fourth-order valence-corrected chi connectivity index (χ4v) is 1.91. The molecule has 0 saturated heterocycles. The molecule has 0 aliphatic carbocycles. The molecule has 0 bridgehead atoms. The molecule has 0 amide bonds. The highest BCUT2D eigenvalue weighted by atomic mass is 16.6. The zero-order chi connectivity index (χ0) is 15.8. The Hall–Kier alpha value is -2.15. The van der Waals surface area contributed by atoms with E-state index in [2.05, 4.69) is 0 Å². The summed E-state index contributed by atoms with van der Waals surface area (Å²) in [6, 6.07) is 4.42. The van der Waals surface area contributed by atoms with Gasteiger partial charge in [-0.05, 0) is 19.5 Å². The van der Waals surface area contributed by atoms with Crippen molar-refractivity contribution in [1.82, 2.24) is 4.90 Å². The summed E-state index contributed by atoms with van der Waals surface area (Å²) in [6.45, 7) is 5.11. The number of nitro benzene ring substituents is 1. The number of carbonyl (C=O) groups excluding carboxylic acids is 1. The van der Waals surface area contributed by atoms with Crippen molar-refractivity contribution in [3.63, 3.8) is 0 Å². The Labute approximate surface area is 123 Å². The molecule has 1 aromatic rings. The van der Waals surface area contributed by atoms with Gasteiger partial charge >= 0.3 is 5.97 Å². The van der Waals surface area contributed by atoms with E-state index >= 15 is 0 Å². The van der Waals surface area contributed by atoms with E-state index in [0.29, 0.717) is 31.0 Å². The van der Waals surface area contributed by atoms with Crippen LogP contribution in [-0.4, -0.2) is 42.6 Å². The van der Waals surface area contributed by atoms with Crippen molar-refractivity contribution in [3.8, 4) is 5.75 Å². The maximum absolute atomic E-state index is 11.5. The van der Waals surface area contributed by atoms with Crippen LogP contribution in [0.15, 0.2) is 18.2 Å². The second-order valence-corrected chi connectivity index (χ2v) is 4.36. The number of hydrogen-bond acceptors (Lipinski definition) is 6. The van der Waals surface area contributed by atoms with Crippen molar-refractivity contribution in [2.75, 3.05) is 26.8 Å². The van der Waals surface area contributed by atoms with Crippen molar-refractivity contribution < 1.29 is 19.2 Å². The number of nitro groups is 1. The monoisotopic (exact) mass is 296 g/mol. The van der Waals surface area contributed by atoms with Gasteiger partial charge < -0.3 is 9.47 Å². The van der Waals surface area contributed by atoms with Crippen LogP contribution >= 0.6 is 0 Å². The van der Waals surface area contributed by atoms with Crippen molar-refractivity contribution in [2.45, 2.75) is 20.4 Å². The molecule has 0 N–H and O–H groups in total. The standard InChI is InChI=1S/C14H20N2O5/c1-4-15(10-14(17)21-5-2)9-11-8-12(16(18)19)6-7-13(11)20-3/h6-8H,4-5,9-10H2,1-3H3. The van der Waals surface area contributed by atoms with Crippen molar-refractivity contribution in [2.24, 2.45) is 0 Å². The van der Waals surface area contributed by atoms with E-state index in [1.165, 1.54) is 19.2 Å². The second-order valence-electron chi connectivity index (χ2n) is 4.36. The molecule has 0 radical (unpaired) electrons. The van der Waals surface area contributed by atoms with Crippen LogP contribution in [0.4, 0.5) is 5.69 Å². The molecule has 0 aromatic heterocycles. The quantitative estimate of drug-likeness (QED) is 0.414. The zero-order valence-electron chi connectivity index (χ0n) is 12.5. The first-order chi connectivity index (χ1) is 10.0. The third-order valence-corrected chi connectivity index (χ3v) is 2.97. The largest absolute Gasteiger partial charge is 0.496 e. The van der Waals surface area contributed by atoms with E-state index < -0.39 is 4.92 Å². The molecule has 0 saturated carbocycles. The Morgan fingerprint density at radius 1 is 1.38 bits per heavy atom. The molecule has 21 heavy (non-hydrogen) atoms.